The van der Waals surface area contributed by atoms with Crippen LogP contribution in [-0.2, 0) is 21.2 Å². The van der Waals surface area contributed by atoms with Crippen LogP contribution < -0.4 is 0 Å². The van der Waals surface area contributed by atoms with Crippen molar-refractivity contribution in [2.45, 2.75) is 30.2 Å². The van der Waals surface area contributed by atoms with E-state index in [1.165, 1.54) is 28.8 Å². The highest BCUT2D eigenvalue weighted by Crippen LogP contribution is 2.34. The van der Waals surface area contributed by atoms with Crippen molar-refractivity contribution >= 4 is 26.7 Å². The molecular formula is C19H16N2O4S. The summed E-state index contributed by atoms with van der Waals surface area (Å²) in [6.45, 7) is 3.13. The normalized spacial score (nSPS) is 11.4. The molecule has 0 radical (unpaired) electrons. The van der Waals surface area contributed by atoms with Gasteiger partial charge in [-0.25, -0.2) is 8.42 Å². The molecule has 0 amide bonds. The van der Waals surface area contributed by atoms with Gasteiger partial charge in [-0.3, -0.25) is 4.79 Å². The molecule has 3 aromatic rings. The summed E-state index contributed by atoms with van der Waals surface area (Å²) in [7, 11) is -3.88. The van der Waals surface area contributed by atoms with Crippen molar-refractivity contribution in [2.75, 3.05) is 0 Å². The topological polar surface area (TPSA) is 100 Å². The van der Waals surface area contributed by atoms with Crippen LogP contribution in [0.25, 0.3) is 10.9 Å². The maximum Gasteiger partial charge on any atom is 0.323 e. The van der Waals surface area contributed by atoms with E-state index < -0.39 is 15.8 Å². The number of aliphatic carboxylic acids is 1. The number of sulfone groups is 1. The summed E-state index contributed by atoms with van der Waals surface area (Å²) in [5, 5.41) is 18.6. The van der Waals surface area contributed by atoms with Crippen LogP contribution in [0.3, 0.4) is 0 Å². The third-order valence-corrected chi connectivity index (χ3v) is 6.22. The maximum atomic E-state index is 13.2. The van der Waals surface area contributed by atoms with E-state index in [0.717, 1.165) is 5.56 Å². The van der Waals surface area contributed by atoms with Crippen LogP contribution in [0.15, 0.2) is 52.3 Å². The SMILES string of the molecule is Cc1ccc2c(c1)c(S(=O)(=O)c1ccc(C#N)cc1)c(C)n2CC(=O)O. The lowest BCUT2D eigenvalue weighted by Crippen LogP contribution is -2.11. The largest absolute Gasteiger partial charge is 0.480 e. The summed E-state index contributed by atoms with van der Waals surface area (Å²) >= 11 is 0. The highest BCUT2D eigenvalue weighted by Gasteiger charge is 2.27. The molecule has 0 bridgehead atoms. The van der Waals surface area contributed by atoms with Crippen molar-refractivity contribution in [1.29, 1.82) is 5.26 Å². The van der Waals surface area contributed by atoms with Gasteiger partial charge in [-0.1, -0.05) is 11.6 Å². The quantitative estimate of drug-likeness (QED) is 0.763. The first-order valence-electron chi connectivity index (χ1n) is 7.82. The second-order valence-electron chi connectivity index (χ2n) is 6.05. The molecule has 26 heavy (non-hydrogen) atoms. The van der Waals surface area contributed by atoms with E-state index in [1.54, 1.807) is 19.1 Å². The minimum atomic E-state index is -3.88. The van der Waals surface area contributed by atoms with Crippen molar-refractivity contribution in [1.82, 2.24) is 4.57 Å². The van der Waals surface area contributed by atoms with Gasteiger partial charge in [0.1, 0.15) is 11.4 Å². The van der Waals surface area contributed by atoms with Crippen molar-refractivity contribution in [3.8, 4) is 6.07 Å². The fourth-order valence-electron chi connectivity index (χ4n) is 3.07. The number of hydrogen-bond acceptors (Lipinski definition) is 4. The Balaban J connectivity index is 2.32. The predicted molar refractivity (Wildman–Crippen MR) is 95.7 cm³/mol. The number of fused-ring (bicyclic) bond motifs is 1. The van der Waals surface area contributed by atoms with Crippen LogP contribution in [0.1, 0.15) is 16.8 Å². The summed E-state index contributed by atoms with van der Waals surface area (Å²) in [5.41, 5.74) is 2.17. The van der Waals surface area contributed by atoms with Gasteiger partial charge in [0.05, 0.1) is 22.0 Å². The summed E-state index contributed by atoms with van der Waals surface area (Å²) in [5.74, 6) is -1.05. The number of nitrogens with zero attached hydrogens (tertiary/aromatic N) is 2. The number of aryl methyl sites for hydroxylation is 1. The third kappa shape index (κ3) is 2.85. The van der Waals surface area contributed by atoms with Crippen LogP contribution in [-0.4, -0.2) is 24.1 Å². The van der Waals surface area contributed by atoms with E-state index >= 15 is 0 Å². The van der Waals surface area contributed by atoms with E-state index in [-0.39, 0.29) is 16.3 Å². The third-order valence-electron chi connectivity index (χ3n) is 4.28. The zero-order valence-electron chi connectivity index (χ0n) is 14.2. The lowest BCUT2D eigenvalue weighted by Gasteiger charge is -2.07. The van der Waals surface area contributed by atoms with Crippen LogP contribution in [0.4, 0.5) is 0 Å². The van der Waals surface area contributed by atoms with Gasteiger partial charge in [0, 0.05) is 11.1 Å². The minimum Gasteiger partial charge on any atom is -0.480 e. The number of hydrogen-bond donors (Lipinski definition) is 1. The summed E-state index contributed by atoms with van der Waals surface area (Å²) in [6.07, 6.45) is 0. The molecule has 0 fully saturated rings. The van der Waals surface area contributed by atoms with Crippen molar-refractivity contribution in [3.63, 3.8) is 0 Å². The Morgan fingerprint density at radius 3 is 2.38 bits per heavy atom. The number of nitriles is 1. The number of aromatic nitrogens is 1. The molecular weight excluding hydrogens is 352 g/mol. The Morgan fingerprint density at radius 2 is 1.81 bits per heavy atom. The van der Waals surface area contributed by atoms with Gasteiger partial charge < -0.3 is 9.67 Å². The van der Waals surface area contributed by atoms with E-state index in [0.29, 0.717) is 22.2 Å². The average Bonchev–Trinajstić information content (AvgIpc) is 2.86. The lowest BCUT2D eigenvalue weighted by atomic mass is 10.2. The first-order chi connectivity index (χ1) is 12.3. The van der Waals surface area contributed by atoms with Crippen molar-refractivity contribution in [3.05, 3.63) is 59.3 Å². The lowest BCUT2D eigenvalue weighted by molar-refractivity contribution is -0.137. The highest BCUT2D eigenvalue weighted by molar-refractivity contribution is 7.91. The van der Waals surface area contributed by atoms with Gasteiger partial charge in [0.25, 0.3) is 0 Å². The van der Waals surface area contributed by atoms with Gasteiger partial charge in [-0.2, -0.15) is 5.26 Å². The molecule has 0 atom stereocenters. The zero-order valence-corrected chi connectivity index (χ0v) is 15.0. The fraction of sp³-hybridized carbons (Fsp3) is 0.158. The van der Waals surface area contributed by atoms with E-state index in [9.17, 15) is 18.3 Å². The molecule has 6 nitrogen and oxygen atoms in total. The number of benzene rings is 2. The van der Waals surface area contributed by atoms with Gasteiger partial charge in [0.15, 0.2) is 0 Å². The fourth-order valence-corrected chi connectivity index (χ4v) is 4.75. The second kappa shape index (κ2) is 6.32. The average molecular weight is 368 g/mol. The molecule has 1 aromatic heterocycles. The monoisotopic (exact) mass is 368 g/mol. The first kappa shape index (κ1) is 17.7. The molecule has 0 aliphatic rings. The van der Waals surface area contributed by atoms with Gasteiger partial charge in [0.2, 0.25) is 9.84 Å². The molecule has 1 N–H and O–H groups in total. The van der Waals surface area contributed by atoms with Crippen molar-refractivity contribution < 1.29 is 18.3 Å². The number of carbonyl (C=O) groups is 1. The van der Waals surface area contributed by atoms with Crippen LogP contribution in [0.2, 0.25) is 0 Å². The Kier molecular flexibility index (Phi) is 4.30. The number of rotatable bonds is 4. The molecule has 0 aliphatic heterocycles. The van der Waals surface area contributed by atoms with E-state index in [1.807, 2.05) is 19.1 Å². The Bertz CT molecular complexity index is 1170. The highest BCUT2D eigenvalue weighted by atomic mass is 32.2. The molecule has 7 heteroatoms. The first-order valence-corrected chi connectivity index (χ1v) is 9.30. The molecule has 0 spiro atoms. The summed E-state index contributed by atoms with van der Waals surface area (Å²) in [6, 6.07) is 12.9. The van der Waals surface area contributed by atoms with E-state index in [2.05, 4.69) is 0 Å². The Morgan fingerprint density at radius 1 is 1.15 bits per heavy atom. The van der Waals surface area contributed by atoms with Crippen LogP contribution >= 0.6 is 0 Å². The molecule has 0 aliphatic carbocycles. The van der Waals surface area contributed by atoms with Gasteiger partial charge in [-0.05, 0) is 50.2 Å². The van der Waals surface area contributed by atoms with Gasteiger partial charge in [-0.15, -0.1) is 0 Å². The molecule has 2 aromatic carbocycles. The van der Waals surface area contributed by atoms with E-state index in [4.69, 9.17) is 5.26 Å². The standard InChI is InChI=1S/C19H16N2O4S/c1-12-3-8-17-16(9-12)19(13(2)21(17)11-18(22)23)26(24,25)15-6-4-14(10-20)5-7-15/h3-9H,11H2,1-2H3,(H,22,23). The maximum absolute atomic E-state index is 13.2. The summed E-state index contributed by atoms with van der Waals surface area (Å²) < 4.78 is 28.0. The molecule has 1 heterocycles. The molecule has 3 rings (SSSR count). The zero-order chi connectivity index (χ0) is 19.1. The van der Waals surface area contributed by atoms with Gasteiger partial charge >= 0.3 is 5.97 Å². The number of carboxylic acids is 1. The van der Waals surface area contributed by atoms with Crippen LogP contribution in [0.5, 0.6) is 0 Å². The van der Waals surface area contributed by atoms with Crippen molar-refractivity contribution in [2.24, 2.45) is 0 Å². The molecule has 132 valence electrons. The number of carboxylic acid groups (broad SMARTS) is 1. The minimum absolute atomic E-state index is 0.0653. The second-order valence-corrected chi connectivity index (χ2v) is 7.94. The Labute approximate surface area is 150 Å². The van der Waals surface area contributed by atoms with Crippen LogP contribution in [0, 0.1) is 25.2 Å². The smallest absolute Gasteiger partial charge is 0.323 e. The summed E-state index contributed by atoms with van der Waals surface area (Å²) in [4.78, 5) is 11.4. The molecule has 0 saturated carbocycles. The molecule has 0 unspecified atom stereocenters. The Hall–Kier alpha value is -3.11. The molecule has 0 saturated heterocycles. The predicted octanol–water partition coefficient (Wildman–Crippen LogP) is 3.05.